The lowest BCUT2D eigenvalue weighted by molar-refractivity contribution is 0.101. The molecule has 0 saturated carbocycles. The van der Waals surface area contributed by atoms with Crippen LogP contribution in [-0.4, -0.2) is 24.8 Å². The fourth-order valence-electron chi connectivity index (χ4n) is 4.02. The molecular formula is C28H32O4S2. The van der Waals surface area contributed by atoms with Crippen LogP contribution in [-0.2, 0) is 0 Å². The van der Waals surface area contributed by atoms with E-state index in [0.29, 0.717) is 34.2 Å². The summed E-state index contributed by atoms with van der Waals surface area (Å²) in [6.45, 7) is 5.74. The Bertz CT molecular complexity index is 1000. The van der Waals surface area contributed by atoms with Crippen molar-refractivity contribution in [1.29, 1.82) is 0 Å². The fraction of sp³-hybridized carbons (Fsp3) is 0.429. The minimum Gasteiger partial charge on any atom is -0.494 e. The van der Waals surface area contributed by atoms with Crippen LogP contribution in [0.2, 0.25) is 0 Å². The highest BCUT2D eigenvalue weighted by Gasteiger charge is 2.36. The van der Waals surface area contributed by atoms with E-state index in [-0.39, 0.29) is 11.6 Å². The number of ketones is 2. The van der Waals surface area contributed by atoms with Crippen LogP contribution in [0, 0.1) is 0 Å². The first kappa shape index (κ1) is 24.9. The maximum absolute atomic E-state index is 13.1. The first-order valence-corrected chi connectivity index (χ1v) is 14.0. The standard InChI is InChI=1S/C28H32O4S2/c1-3-5-7-9-15-31-19-11-13-21-23(17-19)33-27(25(21)29)28-26(30)22-14-12-20(18-24(22)34-28)32-16-10-8-6-4-2/h11-14,17-18H,3-10,15-16H2,1-2H3/b28-27+. The van der Waals surface area contributed by atoms with Gasteiger partial charge in [-0.2, -0.15) is 0 Å². The van der Waals surface area contributed by atoms with Crippen molar-refractivity contribution in [3.63, 3.8) is 0 Å². The normalized spacial score (nSPS) is 16.6. The zero-order valence-corrected chi connectivity index (χ0v) is 21.6. The van der Waals surface area contributed by atoms with Crippen LogP contribution in [0.15, 0.2) is 56.0 Å². The van der Waals surface area contributed by atoms with Crippen molar-refractivity contribution in [2.24, 2.45) is 0 Å². The second-order valence-electron chi connectivity index (χ2n) is 8.65. The Morgan fingerprint density at radius 2 is 1.06 bits per heavy atom. The molecule has 0 fully saturated rings. The summed E-state index contributed by atoms with van der Waals surface area (Å²) in [5.41, 5.74) is 1.29. The molecule has 6 heteroatoms. The van der Waals surface area contributed by atoms with Crippen molar-refractivity contribution < 1.29 is 19.1 Å². The summed E-state index contributed by atoms with van der Waals surface area (Å²) in [7, 11) is 0. The van der Waals surface area contributed by atoms with Crippen LogP contribution in [0.1, 0.15) is 85.9 Å². The van der Waals surface area contributed by atoms with Crippen molar-refractivity contribution in [3.8, 4) is 11.5 Å². The molecule has 0 atom stereocenters. The predicted octanol–water partition coefficient (Wildman–Crippen LogP) is 8.09. The maximum atomic E-state index is 13.1. The Kier molecular flexibility index (Phi) is 8.79. The Morgan fingerprint density at radius 1 is 0.618 bits per heavy atom. The van der Waals surface area contributed by atoms with E-state index < -0.39 is 0 Å². The molecule has 4 rings (SSSR count). The molecule has 0 aromatic heterocycles. The molecular weight excluding hydrogens is 464 g/mol. The van der Waals surface area contributed by atoms with Crippen molar-refractivity contribution in [1.82, 2.24) is 0 Å². The molecule has 0 unspecified atom stereocenters. The highest BCUT2D eigenvalue weighted by atomic mass is 32.2. The molecule has 0 bridgehead atoms. The van der Waals surface area contributed by atoms with Crippen molar-refractivity contribution in [2.75, 3.05) is 13.2 Å². The largest absolute Gasteiger partial charge is 0.494 e. The number of hydrogen-bond donors (Lipinski definition) is 0. The summed E-state index contributed by atoms with van der Waals surface area (Å²) in [4.78, 5) is 29.0. The lowest BCUT2D eigenvalue weighted by Gasteiger charge is -2.07. The summed E-state index contributed by atoms with van der Waals surface area (Å²) in [6, 6.07) is 11.2. The third-order valence-electron chi connectivity index (χ3n) is 5.97. The van der Waals surface area contributed by atoms with Gasteiger partial charge in [-0.1, -0.05) is 75.9 Å². The summed E-state index contributed by atoms with van der Waals surface area (Å²) in [6.07, 6.45) is 9.21. The van der Waals surface area contributed by atoms with Gasteiger partial charge < -0.3 is 9.47 Å². The Morgan fingerprint density at radius 3 is 1.47 bits per heavy atom. The number of thioether (sulfide) groups is 2. The Balaban J connectivity index is 1.43. The number of unbranched alkanes of at least 4 members (excludes halogenated alkanes) is 6. The zero-order valence-electron chi connectivity index (χ0n) is 20.0. The molecule has 0 radical (unpaired) electrons. The van der Waals surface area contributed by atoms with Gasteiger partial charge in [-0.3, -0.25) is 9.59 Å². The quantitative estimate of drug-likeness (QED) is 0.219. The molecule has 2 aromatic carbocycles. The molecule has 180 valence electrons. The van der Waals surface area contributed by atoms with E-state index in [1.165, 1.54) is 49.2 Å². The molecule has 2 aliphatic rings. The third kappa shape index (κ3) is 5.72. The number of ether oxygens (including phenoxy) is 2. The molecule has 2 aromatic rings. The van der Waals surface area contributed by atoms with Crippen LogP contribution in [0.4, 0.5) is 0 Å². The van der Waals surface area contributed by atoms with E-state index in [9.17, 15) is 9.59 Å². The van der Waals surface area contributed by atoms with Crippen LogP contribution < -0.4 is 9.47 Å². The first-order chi connectivity index (χ1) is 16.6. The number of carbonyl (C=O) groups excluding carboxylic acids is 2. The molecule has 4 nitrogen and oxygen atoms in total. The smallest absolute Gasteiger partial charge is 0.202 e. The van der Waals surface area contributed by atoms with Crippen LogP contribution in [0.5, 0.6) is 11.5 Å². The molecule has 0 saturated heterocycles. The van der Waals surface area contributed by atoms with Gasteiger partial charge in [0.1, 0.15) is 11.5 Å². The van der Waals surface area contributed by atoms with Gasteiger partial charge in [0.2, 0.25) is 11.6 Å². The van der Waals surface area contributed by atoms with Crippen LogP contribution in [0.25, 0.3) is 0 Å². The lowest BCUT2D eigenvalue weighted by atomic mass is 10.1. The first-order valence-electron chi connectivity index (χ1n) is 12.4. The van der Waals surface area contributed by atoms with Gasteiger partial charge in [0.15, 0.2) is 0 Å². The molecule has 0 N–H and O–H groups in total. The fourth-order valence-corrected chi connectivity index (χ4v) is 6.38. The molecule has 0 spiro atoms. The number of Topliss-reactive ketones (excluding diaryl/α,β-unsaturated/α-hetero) is 2. The average Bonchev–Trinajstić information content (AvgIpc) is 3.34. The van der Waals surface area contributed by atoms with Crippen molar-refractivity contribution in [3.05, 3.63) is 57.3 Å². The van der Waals surface area contributed by atoms with E-state index in [1.807, 2.05) is 36.4 Å². The lowest BCUT2D eigenvalue weighted by Crippen LogP contribution is -2.02. The number of rotatable bonds is 12. The Labute approximate surface area is 210 Å². The van der Waals surface area contributed by atoms with E-state index in [0.717, 1.165) is 47.0 Å². The Hall–Kier alpha value is -2.18. The highest BCUT2D eigenvalue weighted by Crippen LogP contribution is 2.50. The number of allylic oxidation sites excluding steroid dienone is 2. The van der Waals surface area contributed by atoms with Gasteiger partial charge in [0.25, 0.3) is 0 Å². The summed E-state index contributed by atoms with van der Waals surface area (Å²) in [5.74, 6) is 1.39. The average molecular weight is 497 g/mol. The van der Waals surface area contributed by atoms with E-state index in [2.05, 4.69) is 13.8 Å². The van der Waals surface area contributed by atoms with E-state index in [4.69, 9.17) is 9.47 Å². The summed E-state index contributed by atoms with van der Waals surface area (Å²) in [5, 5.41) is 0. The molecule has 2 aliphatic heterocycles. The van der Waals surface area contributed by atoms with Crippen molar-refractivity contribution >= 4 is 35.1 Å². The SMILES string of the molecule is CCCCCCOc1ccc2c(c1)S/C(=C1/Sc3cc(OCCCCCC)ccc3C1=O)C2=O. The number of benzene rings is 2. The van der Waals surface area contributed by atoms with Gasteiger partial charge >= 0.3 is 0 Å². The van der Waals surface area contributed by atoms with Gasteiger partial charge in [-0.15, -0.1) is 0 Å². The van der Waals surface area contributed by atoms with Gasteiger partial charge in [-0.05, 0) is 49.2 Å². The molecule has 0 aliphatic carbocycles. The number of hydrogen-bond acceptors (Lipinski definition) is 6. The van der Waals surface area contributed by atoms with Crippen LogP contribution >= 0.6 is 23.5 Å². The minimum atomic E-state index is -0.0782. The zero-order chi connectivity index (χ0) is 23.9. The van der Waals surface area contributed by atoms with Crippen molar-refractivity contribution in [2.45, 2.75) is 75.0 Å². The van der Waals surface area contributed by atoms with Gasteiger partial charge in [0.05, 0.1) is 23.0 Å². The second-order valence-corrected chi connectivity index (χ2v) is 10.8. The molecule has 0 amide bonds. The monoisotopic (exact) mass is 496 g/mol. The topological polar surface area (TPSA) is 52.6 Å². The molecule has 34 heavy (non-hydrogen) atoms. The summed E-state index contributed by atoms with van der Waals surface area (Å²) < 4.78 is 11.8. The number of carbonyl (C=O) groups is 2. The predicted molar refractivity (Wildman–Crippen MR) is 140 cm³/mol. The second kappa shape index (κ2) is 12.0. The number of fused-ring (bicyclic) bond motifs is 2. The van der Waals surface area contributed by atoms with Gasteiger partial charge in [0, 0.05) is 20.9 Å². The maximum Gasteiger partial charge on any atom is 0.202 e. The molecule has 2 heterocycles. The third-order valence-corrected chi connectivity index (χ3v) is 8.40. The summed E-state index contributed by atoms with van der Waals surface area (Å²) >= 11 is 2.76. The van der Waals surface area contributed by atoms with Crippen LogP contribution in [0.3, 0.4) is 0 Å². The van der Waals surface area contributed by atoms with E-state index >= 15 is 0 Å². The van der Waals surface area contributed by atoms with Gasteiger partial charge in [-0.25, -0.2) is 0 Å². The highest BCUT2D eigenvalue weighted by molar-refractivity contribution is 8.08. The van der Waals surface area contributed by atoms with E-state index in [1.54, 1.807) is 0 Å². The minimum absolute atomic E-state index is 0.0782.